The van der Waals surface area contributed by atoms with Crippen LogP contribution in [0, 0.1) is 23.7 Å². The van der Waals surface area contributed by atoms with Crippen molar-refractivity contribution in [3.8, 4) is 6.07 Å². The molecule has 1 saturated carbocycles. The number of hydrogen-bond donors (Lipinski definition) is 1. The van der Waals surface area contributed by atoms with Gasteiger partial charge in [0.2, 0.25) is 0 Å². The van der Waals surface area contributed by atoms with Gasteiger partial charge in [0.25, 0.3) is 0 Å². The molecule has 1 N–H and O–H groups in total. The van der Waals surface area contributed by atoms with E-state index in [9.17, 15) is 5.26 Å². The maximum absolute atomic E-state index is 9.54. The molecule has 1 aromatic heterocycles. The van der Waals surface area contributed by atoms with Gasteiger partial charge in [0.1, 0.15) is 0 Å². The maximum Gasteiger partial charge on any atom is 0.0722 e. The Balaban J connectivity index is 1.77. The van der Waals surface area contributed by atoms with E-state index in [-0.39, 0.29) is 11.0 Å². The molecule has 0 amide bonds. The van der Waals surface area contributed by atoms with Crippen molar-refractivity contribution in [2.45, 2.75) is 32.2 Å². The number of rotatable bonds is 3. The summed E-state index contributed by atoms with van der Waals surface area (Å²) in [4.78, 5) is 4.45. The van der Waals surface area contributed by atoms with Crippen LogP contribution in [0.4, 0.5) is 5.69 Å². The van der Waals surface area contributed by atoms with E-state index >= 15 is 0 Å². The molecule has 3 nitrogen and oxygen atoms in total. The largest absolute Gasteiger partial charge is 0.375 e. The molecule has 0 spiro atoms. The van der Waals surface area contributed by atoms with Gasteiger partial charge < -0.3 is 5.32 Å². The third-order valence-corrected chi connectivity index (χ3v) is 5.84. The summed E-state index contributed by atoms with van der Waals surface area (Å²) in [6.45, 7) is 4.07. The average molecular weight is 362 g/mol. The van der Waals surface area contributed by atoms with Crippen LogP contribution in [0.1, 0.15) is 30.9 Å². The highest BCUT2D eigenvalue weighted by Gasteiger charge is 2.54. The first-order chi connectivity index (χ1) is 12.4. The minimum absolute atomic E-state index is 0.290. The van der Waals surface area contributed by atoms with Crippen LogP contribution in [0.15, 0.2) is 54.7 Å². The molecule has 26 heavy (non-hydrogen) atoms. The van der Waals surface area contributed by atoms with Crippen molar-refractivity contribution in [2.24, 2.45) is 5.41 Å². The van der Waals surface area contributed by atoms with E-state index in [1.54, 1.807) is 6.20 Å². The van der Waals surface area contributed by atoms with Gasteiger partial charge in [0, 0.05) is 22.3 Å². The predicted octanol–water partition coefficient (Wildman–Crippen LogP) is 5.83. The molecule has 1 fully saturated rings. The van der Waals surface area contributed by atoms with Crippen LogP contribution in [-0.2, 0) is 5.54 Å². The minimum atomic E-state index is -0.323. The van der Waals surface area contributed by atoms with E-state index in [2.05, 4.69) is 46.7 Å². The Kier molecular flexibility index (Phi) is 3.89. The fourth-order valence-corrected chi connectivity index (χ4v) is 4.43. The number of halogens is 1. The highest BCUT2D eigenvalue weighted by Crippen LogP contribution is 2.56. The molecule has 2 aromatic carbocycles. The topological polar surface area (TPSA) is 48.7 Å². The van der Waals surface area contributed by atoms with Gasteiger partial charge >= 0.3 is 0 Å². The van der Waals surface area contributed by atoms with Gasteiger partial charge in [-0.2, -0.15) is 5.26 Å². The van der Waals surface area contributed by atoms with E-state index in [1.165, 1.54) is 5.56 Å². The molecule has 0 atom stereocenters. The molecule has 0 unspecified atom stereocenters. The van der Waals surface area contributed by atoms with E-state index in [4.69, 9.17) is 11.6 Å². The minimum Gasteiger partial charge on any atom is -0.375 e. The number of fused-ring (bicyclic) bond motifs is 1. The fraction of sp³-hybridized carbons (Fsp3) is 0.273. The predicted molar refractivity (Wildman–Crippen MR) is 106 cm³/mol. The number of nitrogens with zero attached hydrogens (tertiary/aromatic N) is 2. The number of benzene rings is 2. The van der Waals surface area contributed by atoms with Crippen LogP contribution in [0.2, 0.25) is 5.02 Å². The molecule has 1 heterocycles. The van der Waals surface area contributed by atoms with Gasteiger partial charge in [0.15, 0.2) is 0 Å². The van der Waals surface area contributed by atoms with Crippen molar-refractivity contribution in [1.29, 1.82) is 5.26 Å². The molecule has 0 aliphatic heterocycles. The van der Waals surface area contributed by atoms with Gasteiger partial charge in [-0.05, 0) is 62.1 Å². The molecule has 4 rings (SSSR count). The van der Waals surface area contributed by atoms with Gasteiger partial charge in [0.05, 0.1) is 22.5 Å². The van der Waals surface area contributed by atoms with Crippen molar-refractivity contribution < 1.29 is 0 Å². The first-order valence-corrected chi connectivity index (χ1v) is 9.12. The summed E-state index contributed by atoms with van der Waals surface area (Å²) in [5, 5.41) is 15.1. The van der Waals surface area contributed by atoms with Gasteiger partial charge in [-0.15, -0.1) is 0 Å². The number of anilines is 1. The maximum atomic E-state index is 9.54. The van der Waals surface area contributed by atoms with Crippen LogP contribution >= 0.6 is 11.6 Å². The Bertz CT molecular complexity index is 1030. The summed E-state index contributed by atoms with van der Waals surface area (Å²) in [6, 6.07) is 18.7. The molecule has 0 saturated heterocycles. The van der Waals surface area contributed by atoms with E-state index in [0.717, 1.165) is 40.0 Å². The van der Waals surface area contributed by atoms with E-state index in [0.29, 0.717) is 0 Å². The summed E-state index contributed by atoms with van der Waals surface area (Å²) in [5.74, 6) is 0. The lowest BCUT2D eigenvalue weighted by Gasteiger charge is -2.53. The normalized spacial score (nSPS) is 24.7. The number of nitrogens with one attached hydrogen (secondary N) is 1. The monoisotopic (exact) mass is 361 g/mol. The summed E-state index contributed by atoms with van der Waals surface area (Å²) >= 11 is 6.38. The van der Waals surface area contributed by atoms with Crippen molar-refractivity contribution in [2.75, 3.05) is 5.32 Å². The zero-order valence-electron chi connectivity index (χ0n) is 14.9. The second-order valence-corrected chi connectivity index (χ2v) is 7.96. The zero-order valence-corrected chi connectivity index (χ0v) is 15.6. The Morgan fingerprint density at radius 3 is 2.73 bits per heavy atom. The lowest BCUT2D eigenvalue weighted by atomic mass is 9.56. The van der Waals surface area contributed by atoms with Crippen molar-refractivity contribution >= 4 is 28.2 Å². The third-order valence-electron chi connectivity index (χ3n) is 5.43. The summed E-state index contributed by atoms with van der Waals surface area (Å²) < 4.78 is 0. The Hall–Kier alpha value is -2.57. The highest BCUT2D eigenvalue weighted by molar-refractivity contribution is 6.31. The van der Waals surface area contributed by atoms with Crippen LogP contribution in [-0.4, -0.2) is 4.98 Å². The average Bonchev–Trinajstić information content (AvgIpc) is 2.62. The summed E-state index contributed by atoms with van der Waals surface area (Å²) in [6.07, 6.45) is 3.30. The second-order valence-electron chi connectivity index (χ2n) is 7.56. The smallest absolute Gasteiger partial charge is 0.0722 e. The number of nitriles is 1. The summed E-state index contributed by atoms with van der Waals surface area (Å²) in [5.41, 5.74) is 3.59. The lowest BCUT2D eigenvalue weighted by Crippen LogP contribution is -2.53. The molecule has 4 heteroatoms. The van der Waals surface area contributed by atoms with E-state index in [1.807, 2.05) is 32.0 Å². The quantitative estimate of drug-likeness (QED) is 0.638. The van der Waals surface area contributed by atoms with E-state index < -0.39 is 0 Å². The fourth-order valence-electron chi connectivity index (χ4n) is 4.25. The molecular formula is C22H20ClN3. The van der Waals surface area contributed by atoms with Gasteiger partial charge in [-0.1, -0.05) is 35.9 Å². The molecule has 3 aromatic rings. The molecule has 1 aliphatic carbocycles. The second kappa shape index (κ2) is 6.00. The Morgan fingerprint density at radius 1 is 1.15 bits per heavy atom. The number of pyridine rings is 1. The van der Waals surface area contributed by atoms with Crippen molar-refractivity contribution in [3.05, 3.63) is 70.9 Å². The highest BCUT2D eigenvalue weighted by atomic mass is 35.5. The van der Waals surface area contributed by atoms with Gasteiger partial charge in [-0.3, -0.25) is 4.98 Å². The van der Waals surface area contributed by atoms with Crippen LogP contribution in [0.5, 0.6) is 0 Å². The van der Waals surface area contributed by atoms with Gasteiger partial charge in [-0.25, -0.2) is 0 Å². The van der Waals surface area contributed by atoms with Crippen molar-refractivity contribution in [1.82, 2.24) is 4.98 Å². The first kappa shape index (κ1) is 16.9. The Morgan fingerprint density at radius 2 is 1.96 bits per heavy atom. The zero-order chi connectivity index (χ0) is 18.4. The standard InChI is InChI=1S/C22H20ClN3/c1-15-18(6-3-7-19(15)23)22(12-21(2,13-22)14-24)26-17-9-8-16-5-4-10-25-20(16)11-17/h3-11,26H,12-13H2,1-2H3. The summed E-state index contributed by atoms with van der Waals surface area (Å²) in [7, 11) is 0. The van der Waals surface area contributed by atoms with Crippen LogP contribution < -0.4 is 5.32 Å². The van der Waals surface area contributed by atoms with Crippen LogP contribution in [0.3, 0.4) is 0 Å². The van der Waals surface area contributed by atoms with Crippen molar-refractivity contribution in [3.63, 3.8) is 0 Å². The molecule has 1 aliphatic rings. The van der Waals surface area contributed by atoms with Crippen LogP contribution in [0.25, 0.3) is 10.9 Å². The SMILES string of the molecule is Cc1c(Cl)cccc1C1(Nc2ccc3cccnc3c2)CC(C)(C#N)C1. The Labute approximate surface area is 158 Å². The molecular weight excluding hydrogens is 342 g/mol. The molecule has 0 bridgehead atoms. The first-order valence-electron chi connectivity index (χ1n) is 8.75. The number of hydrogen-bond acceptors (Lipinski definition) is 3. The molecule has 0 radical (unpaired) electrons. The molecule has 130 valence electrons. The number of aromatic nitrogens is 1. The lowest BCUT2D eigenvalue weighted by molar-refractivity contribution is 0.117. The third kappa shape index (κ3) is 2.71.